The van der Waals surface area contributed by atoms with E-state index >= 15 is 0 Å². The lowest BCUT2D eigenvalue weighted by atomic mass is 10.2. The van der Waals surface area contributed by atoms with Gasteiger partial charge in [0, 0.05) is 68.6 Å². The first-order valence-electron chi connectivity index (χ1n) is 9.08. The number of aromatic nitrogens is 2. The number of thioether (sulfide) groups is 1. The van der Waals surface area contributed by atoms with Crippen LogP contribution >= 0.6 is 11.8 Å². The third-order valence-corrected chi connectivity index (χ3v) is 5.32. The average molecular weight is 377 g/mol. The predicted molar refractivity (Wildman–Crippen MR) is 105 cm³/mol. The summed E-state index contributed by atoms with van der Waals surface area (Å²) in [6, 6.07) is 8.00. The van der Waals surface area contributed by atoms with Crippen molar-refractivity contribution in [2.75, 3.05) is 37.7 Å². The van der Waals surface area contributed by atoms with Gasteiger partial charge in [0.1, 0.15) is 18.5 Å². The van der Waals surface area contributed by atoms with Crippen molar-refractivity contribution in [3.05, 3.63) is 47.8 Å². The molecule has 1 aromatic carbocycles. The number of aliphatic hydroxyl groups excluding tert-OH is 1. The number of rotatable bonds is 9. The van der Waals surface area contributed by atoms with Gasteiger partial charge in [-0.3, -0.25) is 9.58 Å². The van der Waals surface area contributed by atoms with E-state index in [4.69, 9.17) is 4.74 Å². The monoisotopic (exact) mass is 376 g/mol. The zero-order chi connectivity index (χ0) is 18.2. The Bertz CT molecular complexity index is 673. The van der Waals surface area contributed by atoms with Crippen LogP contribution in [0, 0.1) is 0 Å². The third kappa shape index (κ3) is 6.02. The van der Waals surface area contributed by atoms with Crippen molar-refractivity contribution in [2.24, 2.45) is 7.05 Å². The fourth-order valence-electron chi connectivity index (χ4n) is 3.02. The van der Waals surface area contributed by atoms with Gasteiger partial charge in [0.05, 0.1) is 6.20 Å². The van der Waals surface area contributed by atoms with Gasteiger partial charge in [-0.1, -0.05) is 18.2 Å². The summed E-state index contributed by atoms with van der Waals surface area (Å²) in [6.45, 7) is 4.58. The van der Waals surface area contributed by atoms with Gasteiger partial charge in [-0.2, -0.15) is 16.9 Å². The Morgan fingerprint density at radius 2 is 2.08 bits per heavy atom. The second kappa shape index (κ2) is 9.97. The number of benzene rings is 1. The highest BCUT2D eigenvalue weighted by Crippen LogP contribution is 2.18. The van der Waals surface area contributed by atoms with Crippen molar-refractivity contribution in [1.29, 1.82) is 0 Å². The topological polar surface area (TPSA) is 62.6 Å². The summed E-state index contributed by atoms with van der Waals surface area (Å²) >= 11 is 1.98. The van der Waals surface area contributed by atoms with Gasteiger partial charge >= 0.3 is 0 Å². The van der Waals surface area contributed by atoms with Crippen LogP contribution in [0.15, 0.2) is 36.7 Å². The third-order valence-electron chi connectivity index (χ3n) is 4.38. The van der Waals surface area contributed by atoms with Crippen LogP contribution in [0.4, 0.5) is 0 Å². The number of aryl methyl sites for hydroxylation is 1. The molecule has 0 bridgehead atoms. The quantitative estimate of drug-likeness (QED) is 0.692. The Hall–Kier alpha value is -1.54. The molecule has 142 valence electrons. The maximum absolute atomic E-state index is 10.3. The molecular formula is C19H28N4O2S. The van der Waals surface area contributed by atoms with Crippen molar-refractivity contribution in [2.45, 2.75) is 19.2 Å². The number of hydrogen-bond acceptors (Lipinski definition) is 6. The predicted octanol–water partition coefficient (Wildman–Crippen LogP) is 1.50. The molecule has 1 aliphatic heterocycles. The van der Waals surface area contributed by atoms with Crippen LogP contribution in [-0.2, 0) is 20.1 Å². The van der Waals surface area contributed by atoms with E-state index in [0.29, 0.717) is 19.7 Å². The first-order chi connectivity index (χ1) is 12.7. The Morgan fingerprint density at radius 1 is 1.27 bits per heavy atom. The highest BCUT2D eigenvalue weighted by atomic mass is 32.2. The van der Waals surface area contributed by atoms with E-state index < -0.39 is 6.10 Å². The van der Waals surface area contributed by atoms with Crippen LogP contribution in [0.1, 0.15) is 11.1 Å². The second-order valence-electron chi connectivity index (χ2n) is 6.61. The molecule has 2 N–H and O–H groups in total. The van der Waals surface area contributed by atoms with Crippen LogP contribution < -0.4 is 10.1 Å². The Kier molecular flexibility index (Phi) is 7.37. The number of para-hydroxylation sites is 1. The molecular weight excluding hydrogens is 348 g/mol. The molecule has 1 fully saturated rings. The molecule has 0 amide bonds. The molecule has 2 aromatic rings. The summed E-state index contributed by atoms with van der Waals surface area (Å²) < 4.78 is 7.71. The highest BCUT2D eigenvalue weighted by molar-refractivity contribution is 7.99. The molecule has 0 saturated carbocycles. The van der Waals surface area contributed by atoms with Crippen LogP contribution in [-0.4, -0.2) is 63.6 Å². The molecule has 2 heterocycles. The molecule has 1 saturated heterocycles. The number of aliphatic hydroxyl groups is 1. The van der Waals surface area contributed by atoms with E-state index in [1.165, 1.54) is 0 Å². The molecule has 0 spiro atoms. The van der Waals surface area contributed by atoms with Gasteiger partial charge in [-0.15, -0.1) is 0 Å². The van der Waals surface area contributed by atoms with Crippen molar-refractivity contribution >= 4 is 11.8 Å². The smallest absolute Gasteiger partial charge is 0.123 e. The largest absolute Gasteiger partial charge is 0.491 e. The van der Waals surface area contributed by atoms with Gasteiger partial charge in [0.15, 0.2) is 0 Å². The number of hydrogen-bond donors (Lipinski definition) is 2. The minimum atomic E-state index is -0.463. The lowest BCUT2D eigenvalue weighted by Crippen LogP contribution is -2.40. The van der Waals surface area contributed by atoms with Crippen molar-refractivity contribution in [3.8, 4) is 5.75 Å². The van der Waals surface area contributed by atoms with Gasteiger partial charge < -0.3 is 15.2 Å². The maximum Gasteiger partial charge on any atom is 0.123 e. The summed E-state index contributed by atoms with van der Waals surface area (Å²) in [5, 5.41) is 17.9. The molecule has 0 radical (unpaired) electrons. The molecule has 6 nitrogen and oxygen atoms in total. The van der Waals surface area contributed by atoms with Crippen LogP contribution in [0.2, 0.25) is 0 Å². The zero-order valence-corrected chi connectivity index (χ0v) is 16.1. The van der Waals surface area contributed by atoms with Crippen molar-refractivity contribution in [1.82, 2.24) is 20.0 Å². The summed E-state index contributed by atoms with van der Waals surface area (Å²) in [5.74, 6) is 3.14. The number of nitrogens with one attached hydrogen (secondary N) is 1. The first-order valence-corrected chi connectivity index (χ1v) is 10.2. The highest BCUT2D eigenvalue weighted by Gasteiger charge is 2.15. The van der Waals surface area contributed by atoms with E-state index in [-0.39, 0.29) is 0 Å². The lowest BCUT2D eigenvalue weighted by Gasteiger charge is -2.28. The lowest BCUT2D eigenvalue weighted by molar-refractivity contribution is 0.0711. The molecule has 26 heavy (non-hydrogen) atoms. The number of ether oxygens (including phenoxy) is 1. The number of nitrogens with zero attached hydrogens (tertiary/aromatic N) is 3. The van der Waals surface area contributed by atoms with Crippen LogP contribution in [0.5, 0.6) is 5.75 Å². The molecule has 3 rings (SSSR count). The maximum atomic E-state index is 10.3. The normalized spacial score (nSPS) is 16.5. The van der Waals surface area contributed by atoms with E-state index in [2.05, 4.69) is 21.4 Å². The van der Waals surface area contributed by atoms with Gasteiger partial charge in [-0.25, -0.2) is 0 Å². The van der Waals surface area contributed by atoms with E-state index in [9.17, 15) is 5.11 Å². The van der Waals surface area contributed by atoms with E-state index in [0.717, 1.165) is 48.0 Å². The molecule has 1 atom stereocenters. The summed E-state index contributed by atoms with van der Waals surface area (Å²) in [5.41, 5.74) is 2.25. The Morgan fingerprint density at radius 3 is 2.85 bits per heavy atom. The molecule has 0 aliphatic carbocycles. The standard InChI is InChI=1S/C19H28N4O2S/c1-22-13-16(11-21-22)10-20-12-17-4-2-3-5-19(17)25-15-18(24)14-23-6-8-26-9-7-23/h2-5,11,13,18,20,24H,6-10,12,14-15H2,1H3. The fourth-order valence-corrected chi connectivity index (χ4v) is 3.99. The van der Waals surface area contributed by atoms with Crippen molar-refractivity contribution in [3.63, 3.8) is 0 Å². The minimum Gasteiger partial charge on any atom is -0.491 e. The van der Waals surface area contributed by atoms with Gasteiger partial charge in [0.25, 0.3) is 0 Å². The van der Waals surface area contributed by atoms with Crippen LogP contribution in [0.3, 0.4) is 0 Å². The Labute approximate surface area is 159 Å². The van der Waals surface area contributed by atoms with Gasteiger partial charge in [-0.05, 0) is 6.07 Å². The summed E-state index contributed by atoms with van der Waals surface area (Å²) in [7, 11) is 1.92. The first kappa shape index (κ1) is 19.2. The summed E-state index contributed by atoms with van der Waals surface area (Å²) in [6.07, 6.45) is 3.41. The zero-order valence-electron chi connectivity index (χ0n) is 15.3. The number of β-amino-alcohol motifs (C(OH)–C–C–N with tert-alkyl or cyclic N) is 1. The van der Waals surface area contributed by atoms with Crippen molar-refractivity contribution < 1.29 is 9.84 Å². The molecule has 1 aromatic heterocycles. The fraction of sp³-hybridized carbons (Fsp3) is 0.526. The summed E-state index contributed by atoms with van der Waals surface area (Å²) in [4.78, 5) is 2.31. The SMILES string of the molecule is Cn1cc(CNCc2ccccc2OCC(O)CN2CCSCC2)cn1. The van der Waals surface area contributed by atoms with E-state index in [1.807, 2.05) is 49.4 Å². The molecule has 1 unspecified atom stereocenters. The Balaban J connectivity index is 1.45. The van der Waals surface area contributed by atoms with Gasteiger partial charge in [0.2, 0.25) is 0 Å². The molecule has 7 heteroatoms. The molecule has 1 aliphatic rings. The minimum absolute atomic E-state index is 0.323. The van der Waals surface area contributed by atoms with E-state index in [1.54, 1.807) is 4.68 Å². The van der Waals surface area contributed by atoms with Crippen LogP contribution in [0.25, 0.3) is 0 Å². The second-order valence-corrected chi connectivity index (χ2v) is 7.84. The average Bonchev–Trinajstić information content (AvgIpc) is 3.07.